The summed E-state index contributed by atoms with van der Waals surface area (Å²) in [5.41, 5.74) is 1.45. The van der Waals surface area contributed by atoms with Gasteiger partial charge in [0.2, 0.25) is 0 Å². The molecule has 1 aliphatic rings. The van der Waals surface area contributed by atoms with Gasteiger partial charge in [0.05, 0.1) is 0 Å². The van der Waals surface area contributed by atoms with E-state index in [4.69, 9.17) is 0 Å². The molecule has 0 radical (unpaired) electrons. The average Bonchev–Trinajstić information content (AvgIpc) is 2.81. The maximum absolute atomic E-state index is 3.87. The van der Waals surface area contributed by atoms with Crippen molar-refractivity contribution < 1.29 is 0 Å². The molecule has 0 aliphatic heterocycles. The lowest BCUT2D eigenvalue weighted by atomic mass is 10.0. The summed E-state index contributed by atoms with van der Waals surface area (Å²) in [4.78, 5) is 2.57. The lowest BCUT2D eigenvalue weighted by molar-refractivity contribution is 0.206. The predicted molar refractivity (Wildman–Crippen MR) is 91.6 cm³/mol. The Morgan fingerprint density at radius 2 is 1.62 bits per heavy atom. The fourth-order valence-corrected chi connectivity index (χ4v) is 3.56. The molecule has 1 aliphatic carbocycles. The number of hydrogen-bond acceptors (Lipinski definition) is 2. The minimum atomic E-state index is 0.504. The van der Waals surface area contributed by atoms with Crippen LogP contribution < -0.4 is 5.32 Å². The van der Waals surface area contributed by atoms with Crippen LogP contribution in [0.4, 0.5) is 0 Å². The smallest absolute Gasteiger partial charge is 0.0472 e. The Morgan fingerprint density at radius 1 is 1.00 bits per heavy atom. The average molecular weight is 288 g/mol. The monoisotopic (exact) mass is 288 g/mol. The highest BCUT2D eigenvalue weighted by molar-refractivity contribution is 5.19. The van der Waals surface area contributed by atoms with E-state index in [1.807, 2.05) is 0 Å². The van der Waals surface area contributed by atoms with Crippen molar-refractivity contribution in [1.82, 2.24) is 10.2 Å². The summed E-state index contributed by atoms with van der Waals surface area (Å²) < 4.78 is 0. The zero-order valence-electron chi connectivity index (χ0n) is 13.9. The van der Waals surface area contributed by atoms with Crippen molar-refractivity contribution in [1.29, 1.82) is 0 Å². The quantitative estimate of drug-likeness (QED) is 0.749. The summed E-state index contributed by atoms with van der Waals surface area (Å²) in [5, 5.41) is 3.87. The number of nitrogens with zero attached hydrogens (tertiary/aromatic N) is 1. The van der Waals surface area contributed by atoms with Crippen LogP contribution in [0.1, 0.15) is 64.0 Å². The first-order chi connectivity index (χ1) is 10.3. The van der Waals surface area contributed by atoms with E-state index in [0.717, 1.165) is 25.7 Å². The van der Waals surface area contributed by atoms with Gasteiger partial charge in [0.15, 0.2) is 0 Å². The van der Waals surface area contributed by atoms with Crippen molar-refractivity contribution in [3.63, 3.8) is 0 Å². The van der Waals surface area contributed by atoms with Gasteiger partial charge in [-0.25, -0.2) is 0 Å². The van der Waals surface area contributed by atoms with Gasteiger partial charge in [-0.3, -0.25) is 4.90 Å². The van der Waals surface area contributed by atoms with Crippen LogP contribution in [0.2, 0.25) is 0 Å². The van der Waals surface area contributed by atoms with Crippen molar-refractivity contribution in [2.24, 2.45) is 0 Å². The van der Waals surface area contributed by atoms with E-state index in [9.17, 15) is 0 Å². The molecule has 0 heterocycles. The Labute approximate surface area is 130 Å². The summed E-state index contributed by atoms with van der Waals surface area (Å²) in [6.45, 7) is 7.84. The van der Waals surface area contributed by atoms with Crippen molar-refractivity contribution in [3.05, 3.63) is 35.9 Å². The minimum absolute atomic E-state index is 0.504. The number of likely N-dealkylation sites (N-methyl/N-ethyl adjacent to an activating group) is 1. The first-order valence-electron chi connectivity index (χ1n) is 8.87. The van der Waals surface area contributed by atoms with Crippen molar-refractivity contribution in [2.75, 3.05) is 19.6 Å². The SMILES string of the molecule is CCN(CC)C(CNC1CCCCCC1)c1ccccc1. The van der Waals surface area contributed by atoms with E-state index >= 15 is 0 Å². The van der Waals surface area contributed by atoms with E-state index in [-0.39, 0.29) is 0 Å². The van der Waals surface area contributed by atoms with Gasteiger partial charge in [0.1, 0.15) is 0 Å². The fourth-order valence-electron chi connectivity index (χ4n) is 3.56. The second-order valence-corrected chi connectivity index (χ2v) is 6.24. The van der Waals surface area contributed by atoms with E-state index in [2.05, 4.69) is 54.4 Å². The lowest BCUT2D eigenvalue weighted by Gasteiger charge is -2.32. The molecule has 1 aromatic carbocycles. The zero-order chi connectivity index (χ0) is 14.9. The van der Waals surface area contributed by atoms with E-state index in [1.54, 1.807) is 0 Å². The van der Waals surface area contributed by atoms with Gasteiger partial charge in [0.25, 0.3) is 0 Å². The standard InChI is InChI=1S/C19H32N2/c1-3-21(4-2)19(17-12-8-7-9-13-17)16-20-18-14-10-5-6-11-15-18/h7-9,12-13,18-20H,3-6,10-11,14-16H2,1-2H3. The van der Waals surface area contributed by atoms with Crippen LogP contribution in [0, 0.1) is 0 Å². The third-order valence-corrected chi connectivity index (χ3v) is 4.89. The van der Waals surface area contributed by atoms with Gasteiger partial charge in [-0.05, 0) is 31.5 Å². The van der Waals surface area contributed by atoms with Crippen LogP contribution >= 0.6 is 0 Å². The third kappa shape index (κ3) is 5.12. The highest BCUT2D eigenvalue weighted by Gasteiger charge is 2.19. The molecular weight excluding hydrogens is 256 g/mol. The highest BCUT2D eigenvalue weighted by atomic mass is 15.2. The molecule has 2 rings (SSSR count). The molecule has 0 aromatic heterocycles. The van der Waals surface area contributed by atoms with Gasteiger partial charge in [-0.15, -0.1) is 0 Å². The predicted octanol–water partition coefficient (Wildman–Crippen LogP) is 4.38. The van der Waals surface area contributed by atoms with E-state index in [0.29, 0.717) is 6.04 Å². The molecule has 0 saturated heterocycles. The summed E-state index contributed by atoms with van der Waals surface area (Å²) in [6, 6.07) is 12.2. The lowest BCUT2D eigenvalue weighted by Crippen LogP contribution is -2.39. The Hall–Kier alpha value is -0.860. The Morgan fingerprint density at radius 3 is 2.19 bits per heavy atom. The maximum Gasteiger partial charge on any atom is 0.0472 e. The summed E-state index contributed by atoms with van der Waals surface area (Å²) in [7, 11) is 0. The van der Waals surface area contributed by atoms with Crippen LogP contribution in [-0.2, 0) is 0 Å². The molecular formula is C19H32N2. The molecule has 21 heavy (non-hydrogen) atoms. The zero-order valence-corrected chi connectivity index (χ0v) is 13.9. The number of hydrogen-bond donors (Lipinski definition) is 1. The van der Waals surface area contributed by atoms with Crippen LogP contribution in [-0.4, -0.2) is 30.6 Å². The summed E-state index contributed by atoms with van der Waals surface area (Å²) in [6.07, 6.45) is 8.38. The van der Waals surface area contributed by atoms with Gasteiger partial charge < -0.3 is 5.32 Å². The highest BCUT2D eigenvalue weighted by Crippen LogP contribution is 2.22. The van der Waals surface area contributed by atoms with Gasteiger partial charge in [-0.1, -0.05) is 69.9 Å². The molecule has 1 fully saturated rings. The van der Waals surface area contributed by atoms with Gasteiger partial charge >= 0.3 is 0 Å². The molecule has 2 heteroatoms. The topological polar surface area (TPSA) is 15.3 Å². The molecule has 118 valence electrons. The summed E-state index contributed by atoms with van der Waals surface area (Å²) >= 11 is 0. The molecule has 1 unspecified atom stereocenters. The van der Waals surface area contributed by atoms with Crippen LogP contribution in [0.25, 0.3) is 0 Å². The molecule has 0 bridgehead atoms. The normalized spacial score (nSPS) is 18.6. The first-order valence-corrected chi connectivity index (χ1v) is 8.87. The van der Waals surface area contributed by atoms with Crippen LogP contribution in [0.5, 0.6) is 0 Å². The minimum Gasteiger partial charge on any atom is -0.312 e. The van der Waals surface area contributed by atoms with Crippen molar-refractivity contribution in [2.45, 2.75) is 64.5 Å². The molecule has 0 amide bonds. The Kier molecular flexibility index (Phi) is 7.25. The molecule has 2 nitrogen and oxygen atoms in total. The Balaban J connectivity index is 1.98. The first kappa shape index (κ1) is 16.5. The number of benzene rings is 1. The Bertz CT molecular complexity index is 364. The summed E-state index contributed by atoms with van der Waals surface area (Å²) in [5.74, 6) is 0. The molecule has 1 atom stereocenters. The van der Waals surface area contributed by atoms with Gasteiger partial charge in [-0.2, -0.15) is 0 Å². The van der Waals surface area contributed by atoms with E-state index in [1.165, 1.54) is 44.1 Å². The number of rotatable bonds is 7. The molecule has 1 N–H and O–H groups in total. The second-order valence-electron chi connectivity index (χ2n) is 6.24. The fraction of sp³-hybridized carbons (Fsp3) is 0.684. The maximum atomic E-state index is 3.87. The van der Waals surface area contributed by atoms with Crippen LogP contribution in [0.3, 0.4) is 0 Å². The van der Waals surface area contributed by atoms with E-state index < -0.39 is 0 Å². The largest absolute Gasteiger partial charge is 0.312 e. The third-order valence-electron chi connectivity index (χ3n) is 4.89. The van der Waals surface area contributed by atoms with Crippen molar-refractivity contribution in [3.8, 4) is 0 Å². The number of nitrogens with one attached hydrogen (secondary N) is 1. The molecule has 0 spiro atoms. The van der Waals surface area contributed by atoms with Crippen molar-refractivity contribution >= 4 is 0 Å². The molecule has 1 saturated carbocycles. The molecule has 1 aromatic rings. The van der Waals surface area contributed by atoms with Crippen LogP contribution in [0.15, 0.2) is 30.3 Å². The van der Waals surface area contributed by atoms with Gasteiger partial charge in [0, 0.05) is 18.6 Å². The second kappa shape index (κ2) is 9.22.